The van der Waals surface area contributed by atoms with Crippen LogP contribution in [0.25, 0.3) is 0 Å². The van der Waals surface area contributed by atoms with Gasteiger partial charge >= 0.3 is 0 Å². The van der Waals surface area contributed by atoms with E-state index in [4.69, 9.17) is 9.47 Å². The van der Waals surface area contributed by atoms with Crippen LogP contribution < -0.4 is 9.47 Å². The molecule has 1 aliphatic rings. The van der Waals surface area contributed by atoms with Crippen LogP contribution in [0.4, 0.5) is 0 Å². The minimum absolute atomic E-state index is 0.109. The molecule has 1 unspecified atom stereocenters. The number of likely N-dealkylation sites (tertiary alicyclic amines) is 1. The molecule has 2 aromatic carbocycles. The van der Waals surface area contributed by atoms with E-state index in [1.54, 1.807) is 0 Å². The zero-order valence-corrected chi connectivity index (χ0v) is 14.0. The van der Waals surface area contributed by atoms with Crippen molar-refractivity contribution in [1.29, 1.82) is 0 Å². The smallest absolute Gasteiger partial charge is 0.120 e. The summed E-state index contributed by atoms with van der Waals surface area (Å²) in [5.41, 5.74) is 1.15. The van der Waals surface area contributed by atoms with Crippen molar-refractivity contribution in [2.45, 2.75) is 25.9 Å². The fourth-order valence-corrected chi connectivity index (χ4v) is 3.00. The molecule has 1 fully saturated rings. The van der Waals surface area contributed by atoms with E-state index in [1.807, 2.05) is 30.3 Å². The highest BCUT2D eigenvalue weighted by Crippen LogP contribution is 2.27. The minimum atomic E-state index is -0.109. The second kappa shape index (κ2) is 7.05. The average molecular weight is 311 g/mol. The quantitative estimate of drug-likeness (QED) is 0.807. The highest BCUT2D eigenvalue weighted by Gasteiger charge is 2.35. The summed E-state index contributed by atoms with van der Waals surface area (Å²) >= 11 is 0. The van der Waals surface area contributed by atoms with Crippen LogP contribution in [0.1, 0.15) is 18.9 Å². The Hall–Kier alpha value is -2.00. The van der Waals surface area contributed by atoms with Crippen molar-refractivity contribution in [3.05, 3.63) is 60.2 Å². The van der Waals surface area contributed by atoms with Crippen molar-refractivity contribution in [1.82, 2.24) is 4.90 Å². The van der Waals surface area contributed by atoms with Crippen LogP contribution in [-0.4, -0.2) is 36.7 Å². The SMILES string of the molecule is Cc1ccc(OC2(C)CCN(CCOc3ccccc3)C2)cc1. The van der Waals surface area contributed by atoms with Crippen molar-refractivity contribution < 1.29 is 9.47 Å². The third-order valence-electron chi connectivity index (χ3n) is 4.32. The normalized spacial score (nSPS) is 21.3. The van der Waals surface area contributed by atoms with Crippen molar-refractivity contribution in [3.8, 4) is 11.5 Å². The maximum atomic E-state index is 6.23. The van der Waals surface area contributed by atoms with Crippen LogP contribution >= 0.6 is 0 Å². The van der Waals surface area contributed by atoms with Crippen LogP contribution in [-0.2, 0) is 0 Å². The third-order valence-corrected chi connectivity index (χ3v) is 4.32. The molecule has 2 aromatic rings. The lowest BCUT2D eigenvalue weighted by Crippen LogP contribution is -2.37. The van der Waals surface area contributed by atoms with E-state index < -0.39 is 0 Å². The van der Waals surface area contributed by atoms with Gasteiger partial charge in [0, 0.05) is 26.1 Å². The van der Waals surface area contributed by atoms with Gasteiger partial charge in [-0.05, 0) is 38.1 Å². The maximum Gasteiger partial charge on any atom is 0.120 e. The van der Waals surface area contributed by atoms with Gasteiger partial charge in [0.25, 0.3) is 0 Å². The average Bonchev–Trinajstić information content (AvgIpc) is 2.92. The van der Waals surface area contributed by atoms with Crippen molar-refractivity contribution in [3.63, 3.8) is 0 Å². The molecular weight excluding hydrogens is 286 g/mol. The van der Waals surface area contributed by atoms with Crippen molar-refractivity contribution in [2.24, 2.45) is 0 Å². The van der Waals surface area contributed by atoms with E-state index in [1.165, 1.54) is 5.56 Å². The number of rotatable bonds is 6. The van der Waals surface area contributed by atoms with Crippen molar-refractivity contribution >= 4 is 0 Å². The minimum Gasteiger partial charge on any atom is -0.492 e. The zero-order valence-electron chi connectivity index (χ0n) is 14.0. The third kappa shape index (κ3) is 4.49. The number of benzene rings is 2. The predicted molar refractivity (Wildman–Crippen MR) is 93.2 cm³/mol. The fourth-order valence-electron chi connectivity index (χ4n) is 3.00. The molecule has 0 aromatic heterocycles. The molecule has 0 amide bonds. The molecule has 0 radical (unpaired) electrons. The van der Waals surface area contributed by atoms with Gasteiger partial charge < -0.3 is 9.47 Å². The molecule has 0 N–H and O–H groups in total. The molecule has 1 heterocycles. The summed E-state index contributed by atoms with van der Waals surface area (Å²) in [5.74, 6) is 1.89. The Morgan fingerprint density at radius 1 is 1.00 bits per heavy atom. The molecular formula is C20H25NO2. The van der Waals surface area contributed by atoms with Gasteiger partial charge in [-0.25, -0.2) is 0 Å². The first-order chi connectivity index (χ1) is 11.1. The van der Waals surface area contributed by atoms with E-state index in [0.29, 0.717) is 6.61 Å². The Balaban J connectivity index is 1.46. The van der Waals surface area contributed by atoms with Crippen LogP contribution in [0.15, 0.2) is 54.6 Å². The maximum absolute atomic E-state index is 6.23. The molecule has 122 valence electrons. The van der Waals surface area contributed by atoms with Gasteiger partial charge in [-0.1, -0.05) is 35.9 Å². The molecule has 0 aliphatic carbocycles. The predicted octanol–water partition coefficient (Wildman–Crippen LogP) is 3.92. The first-order valence-electron chi connectivity index (χ1n) is 8.29. The van der Waals surface area contributed by atoms with Crippen LogP contribution in [0.2, 0.25) is 0 Å². The summed E-state index contributed by atoms with van der Waals surface area (Å²) in [4.78, 5) is 2.41. The zero-order chi connectivity index (χ0) is 16.1. The number of hydrogen-bond acceptors (Lipinski definition) is 3. The standard InChI is InChI=1S/C20H25NO2/c1-17-8-10-19(11-9-17)23-20(2)12-13-21(16-20)14-15-22-18-6-4-3-5-7-18/h3-11H,12-16H2,1-2H3. The second-order valence-electron chi connectivity index (χ2n) is 6.55. The summed E-state index contributed by atoms with van der Waals surface area (Å²) in [6.07, 6.45) is 1.05. The summed E-state index contributed by atoms with van der Waals surface area (Å²) in [6.45, 7) is 7.94. The largest absolute Gasteiger partial charge is 0.492 e. The molecule has 1 aliphatic heterocycles. The van der Waals surface area contributed by atoms with Gasteiger partial charge in [0.1, 0.15) is 23.7 Å². The Labute approximate surface area is 138 Å². The Bertz CT molecular complexity index is 611. The number of aryl methyl sites for hydroxylation is 1. The molecule has 0 bridgehead atoms. The van der Waals surface area contributed by atoms with Gasteiger partial charge in [-0.15, -0.1) is 0 Å². The molecule has 0 spiro atoms. The van der Waals surface area contributed by atoms with E-state index in [2.05, 4.69) is 43.0 Å². The summed E-state index contributed by atoms with van der Waals surface area (Å²) < 4.78 is 12.0. The van der Waals surface area contributed by atoms with Gasteiger partial charge in [-0.3, -0.25) is 4.90 Å². The molecule has 1 saturated heterocycles. The van der Waals surface area contributed by atoms with E-state index in [0.717, 1.165) is 37.6 Å². The van der Waals surface area contributed by atoms with E-state index in [-0.39, 0.29) is 5.60 Å². The van der Waals surface area contributed by atoms with Crippen molar-refractivity contribution in [2.75, 3.05) is 26.2 Å². The van der Waals surface area contributed by atoms with E-state index >= 15 is 0 Å². The number of ether oxygens (including phenoxy) is 2. The lowest BCUT2D eigenvalue weighted by atomic mass is 10.1. The Morgan fingerprint density at radius 2 is 1.74 bits per heavy atom. The number of para-hydroxylation sites is 1. The number of nitrogens with zero attached hydrogens (tertiary/aromatic N) is 1. The highest BCUT2D eigenvalue weighted by molar-refractivity contribution is 5.27. The lowest BCUT2D eigenvalue weighted by molar-refractivity contribution is 0.0935. The van der Waals surface area contributed by atoms with Crippen LogP contribution in [0.5, 0.6) is 11.5 Å². The molecule has 3 rings (SSSR count). The second-order valence-corrected chi connectivity index (χ2v) is 6.55. The lowest BCUT2D eigenvalue weighted by Gasteiger charge is -2.26. The summed E-state index contributed by atoms with van der Waals surface area (Å²) in [5, 5.41) is 0. The van der Waals surface area contributed by atoms with Gasteiger partial charge in [0.05, 0.1) is 0 Å². The first-order valence-corrected chi connectivity index (χ1v) is 8.29. The number of hydrogen-bond donors (Lipinski definition) is 0. The van der Waals surface area contributed by atoms with E-state index in [9.17, 15) is 0 Å². The van der Waals surface area contributed by atoms with Gasteiger partial charge in [0.2, 0.25) is 0 Å². The van der Waals surface area contributed by atoms with Crippen LogP contribution in [0, 0.1) is 6.92 Å². The molecule has 3 nitrogen and oxygen atoms in total. The summed E-state index contributed by atoms with van der Waals surface area (Å²) in [7, 11) is 0. The molecule has 0 saturated carbocycles. The Morgan fingerprint density at radius 3 is 2.48 bits per heavy atom. The Kier molecular flexibility index (Phi) is 4.87. The first kappa shape index (κ1) is 15.9. The van der Waals surface area contributed by atoms with Gasteiger partial charge in [0.15, 0.2) is 0 Å². The highest BCUT2D eigenvalue weighted by atomic mass is 16.5. The molecule has 23 heavy (non-hydrogen) atoms. The van der Waals surface area contributed by atoms with Gasteiger partial charge in [-0.2, -0.15) is 0 Å². The molecule has 1 atom stereocenters. The van der Waals surface area contributed by atoms with Crippen LogP contribution in [0.3, 0.4) is 0 Å². The monoisotopic (exact) mass is 311 g/mol. The molecule has 3 heteroatoms. The summed E-state index contributed by atoms with van der Waals surface area (Å²) in [6, 6.07) is 18.3. The topological polar surface area (TPSA) is 21.7 Å². The fraction of sp³-hybridized carbons (Fsp3) is 0.400.